The van der Waals surface area contributed by atoms with E-state index in [0.29, 0.717) is 11.8 Å². The average molecular weight is 222 g/mol. The van der Waals surface area contributed by atoms with Crippen molar-refractivity contribution in [3.8, 4) is 0 Å². The van der Waals surface area contributed by atoms with Gasteiger partial charge >= 0.3 is 0 Å². The van der Waals surface area contributed by atoms with Crippen LogP contribution in [0.5, 0.6) is 0 Å². The average Bonchev–Trinajstić information content (AvgIpc) is 2.21. The van der Waals surface area contributed by atoms with Crippen molar-refractivity contribution in [1.29, 1.82) is 0 Å². The van der Waals surface area contributed by atoms with Gasteiger partial charge in [0.15, 0.2) is 0 Å². The van der Waals surface area contributed by atoms with Crippen LogP contribution in [-0.4, -0.2) is 11.2 Å². The molecule has 2 rings (SSSR count). The second-order valence-electron chi connectivity index (χ2n) is 6.39. The van der Waals surface area contributed by atoms with Crippen molar-refractivity contribution in [2.24, 2.45) is 29.6 Å². The van der Waals surface area contributed by atoms with Gasteiger partial charge in [0.1, 0.15) is 0 Å². The number of aliphatic hydroxyl groups excluding tert-OH is 1. The van der Waals surface area contributed by atoms with E-state index in [9.17, 15) is 5.11 Å². The Morgan fingerprint density at radius 1 is 1.31 bits per heavy atom. The van der Waals surface area contributed by atoms with Gasteiger partial charge in [0.05, 0.1) is 6.10 Å². The second kappa shape index (κ2) is 4.52. The first-order valence-electron chi connectivity index (χ1n) is 6.86. The molecule has 1 nitrogen and oxygen atoms in total. The molecule has 0 aliphatic heterocycles. The van der Waals surface area contributed by atoms with Crippen LogP contribution >= 0.6 is 0 Å². The minimum Gasteiger partial charge on any atom is -0.393 e. The Hall–Kier alpha value is -0.300. The van der Waals surface area contributed by atoms with E-state index in [0.717, 1.165) is 24.2 Å². The van der Waals surface area contributed by atoms with Gasteiger partial charge in [0, 0.05) is 0 Å². The lowest BCUT2D eigenvalue weighted by Gasteiger charge is -2.47. The lowest BCUT2D eigenvalue weighted by Crippen LogP contribution is -2.42. The molecule has 0 saturated heterocycles. The molecule has 0 unspecified atom stereocenters. The Labute approximate surface area is 99.9 Å². The largest absolute Gasteiger partial charge is 0.393 e. The summed E-state index contributed by atoms with van der Waals surface area (Å²) < 4.78 is 0. The van der Waals surface area contributed by atoms with Gasteiger partial charge in [-0.1, -0.05) is 32.9 Å². The minimum atomic E-state index is -0.0936. The molecule has 1 N–H and O–H groups in total. The number of hydrogen-bond acceptors (Lipinski definition) is 1. The molecule has 0 radical (unpaired) electrons. The third-order valence-corrected chi connectivity index (χ3v) is 5.04. The van der Waals surface area contributed by atoms with Crippen LogP contribution in [0.1, 0.15) is 46.5 Å². The summed E-state index contributed by atoms with van der Waals surface area (Å²) in [6.45, 7) is 11.2. The van der Waals surface area contributed by atoms with E-state index < -0.39 is 0 Å². The lowest BCUT2D eigenvalue weighted by atomic mass is 9.58. The van der Waals surface area contributed by atoms with Gasteiger partial charge in [-0.3, -0.25) is 0 Å². The van der Waals surface area contributed by atoms with Crippen molar-refractivity contribution in [2.75, 3.05) is 0 Å². The van der Waals surface area contributed by atoms with Crippen LogP contribution in [0.25, 0.3) is 0 Å². The predicted molar refractivity (Wildman–Crippen MR) is 68.1 cm³/mol. The zero-order chi connectivity index (χ0) is 11.9. The monoisotopic (exact) mass is 222 g/mol. The Morgan fingerprint density at radius 3 is 2.62 bits per heavy atom. The van der Waals surface area contributed by atoms with Crippen molar-refractivity contribution >= 4 is 0 Å². The molecule has 16 heavy (non-hydrogen) atoms. The number of hydrogen-bond donors (Lipinski definition) is 1. The van der Waals surface area contributed by atoms with Crippen molar-refractivity contribution < 1.29 is 5.11 Å². The molecule has 2 fully saturated rings. The highest BCUT2D eigenvalue weighted by atomic mass is 16.3. The molecule has 0 spiro atoms. The van der Waals surface area contributed by atoms with Crippen molar-refractivity contribution in [2.45, 2.75) is 52.6 Å². The van der Waals surface area contributed by atoms with Gasteiger partial charge in [0.25, 0.3) is 0 Å². The number of rotatable bonds is 1. The molecular weight excluding hydrogens is 196 g/mol. The number of aliphatic hydroxyl groups is 1. The summed E-state index contributed by atoms with van der Waals surface area (Å²) in [6.07, 6.45) is 4.58. The molecule has 0 amide bonds. The zero-order valence-corrected chi connectivity index (χ0v) is 10.9. The summed E-state index contributed by atoms with van der Waals surface area (Å²) in [5, 5.41) is 10.0. The summed E-state index contributed by atoms with van der Waals surface area (Å²) in [5.74, 6) is 3.51. The maximum absolute atomic E-state index is 10.0. The Bertz CT molecular complexity index is 269. The maximum Gasteiger partial charge on any atom is 0.0571 e. The summed E-state index contributed by atoms with van der Waals surface area (Å²) in [7, 11) is 0. The molecule has 5 atom stereocenters. The Morgan fingerprint density at radius 2 is 2.00 bits per heavy atom. The third kappa shape index (κ3) is 2.07. The van der Waals surface area contributed by atoms with Gasteiger partial charge in [-0.15, -0.1) is 0 Å². The van der Waals surface area contributed by atoms with Gasteiger partial charge in [-0.2, -0.15) is 0 Å². The Balaban J connectivity index is 2.17. The van der Waals surface area contributed by atoms with Crippen LogP contribution in [-0.2, 0) is 0 Å². The zero-order valence-electron chi connectivity index (χ0n) is 10.9. The first-order chi connectivity index (χ1) is 7.50. The molecular formula is C15H26O. The topological polar surface area (TPSA) is 20.2 Å². The van der Waals surface area contributed by atoms with Crippen LogP contribution in [0.2, 0.25) is 0 Å². The summed E-state index contributed by atoms with van der Waals surface area (Å²) in [5.41, 5.74) is 1.41. The normalized spacial score (nSPS) is 44.6. The van der Waals surface area contributed by atoms with E-state index in [1.54, 1.807) is 0 Å². The van der Waals surface area contributed by atoms with Crippen LogP contribution in [0.4, 0.5) is 0 Å². The molecule has 0 aromatic heterocycles. The molecule has 92 valence electrons. The number of fused-ring (bicyclic) bond motifs is 1. The van der Waals surface area contributed by atoms with Crippen LogP contribution in [0, 0.1) is 29.6 Å². The molecule has 2 aliphatic carbocycles. The summed E-state index contributed by atoms with van der Waals surface area (Å²) in [6, 6.07) is 0. The first-order valence-corrected chi connectivity index (χ1v) is 6.86. The SMILES string of the molecule is C=C1CC[C@@H](C(C)C)[C@@H]2C[C@H](C)[C@@H](O)C[C@@H]12. The van der Waals surface area contributed by atoms with E-state index in [-0.39, 0.29) is 6.10 Å². The van der Waals surface area contributed by atoms with Gasteiger partial charge in [-0.25, -0.2) is 0 Å². The van der Waals surface area contributed by atoms with E-state index in [1.165, 1.54) is 24.8 Å². The van der Waals surface area contributed by atoms with Crippen molar-refractivity contribution in [1.82, 2.24) is 0 Å². The fourth-order valence-corrected chi connectivity index (χ4v) is 3.94. The lowest BCUT2D eigenvalue weighted by molar-refractivity contribution is -0.00556. The summed E-state index contributed by atoms with van der Waals surface area (Å²) in [4.78, 5) is 0. The van der Waals surface area contributed by atoms with E-state index >= 15 is 0 Å². The summed E-state index contributed by atoms with van der Waals surface area (Å²) >= 11 is 0. The fourth-order valence-electron chi connectivity index (χ4n) is 3.94. The predicted octanol–water partition coefficient (Wildman–Crippen LogP) is 3.63. The van der Waals surface area contributed by atoms with Crippen LogP contribution in [0.3, 0.4) is 0 Å². The van der Waals surface area contributed by atoms with Crippen LogP contribution < -0.4 is 0 Å². The quantitative estimate of drug-likeness (QED) is 0.672. The maximum atomic E-state index is 10.0. The van der Waals surface area contributed by atoms with Gasteiger partial charge in [0.2, 0.25) is 0 Å². The van der Waals surface area contributed by atoms with E-state index in [1.807, 2.05) is 0 Å². The van der Waals surface area contributed by atoms with Crippen LogP contribution in [0.15, 0.2) is 12.2 Å². The third-order valence-electron chi connectivity index (χ3n) is 5.04. The molecule has 0 aromatic rings. The van der Waals surface area contributed by atoms with Gasteiger partial charge < -0.3 is 5.11 Å². The fraction of sp³-hybridized carbons (Fsp3) is 0.867. The molecule has 0 heterocycles. The first kappa shape index (κ1) is 12.2. The number of allylic oxidation sites excluding steroid dienone is 1. The molecule has 1 heteroatoms. The van der Waals surface area contributed by atoms with E-state index in [4.69, 9.17) is 0 Å². The second-order valence-corrected chi connectivity index (χ2v) is 6.39. The smallest absolute Gasteiger partial charge is 0.0571 e. The molecule has 0 aromatic carbocycles. The Kier molecular flexibility index (Phi) is 3.44. The molecule has 2 saturated carbocycles. The van der Waals surface area contributed by atoms with E-state index in [2.05, 4.69) is 27.4 Å². The highest BCUT2D eigenvalue weighted by Crippen LogP contribution is 2.49. The van der Waals surface area contributed by atoms with Crippen molar-refractivity contribution in [3.63, 3.8) is 0 Å². The molecule has 0 bridgehead atoms. The highest BCUT2D eigenvalue weighted by Gasteiger charge is 2.42. The molecule has 2 aliphatic rings. The standard InChI is InChI=1S/C15H26O/c1-9(2)12-6-5-10(3)13-8-15(16)11(4)7-14(12)13/h9,11-16H,3,5-8H2,1-2,4H3/t11-,12-,13-,14-,15-/m0/s1. The van der Waals surface area contributed by atoms with Crippen molar-refractivity contribution in [3.05, 3.63) is 12.2 Å². The minimum absolute atomic E-state index is 0.0936. The van der Waals surface area contributed by atoms with Gasteiger partial charge in [-0.05, 0) is 55.3 Å². The highest BCUT2D eigenvalue weighted by molar-refractivity contribution is 5.11.